The summed E-state index contributed by atoms with van der Waals surface area (Å²) in [7, 11) is 0. The van der Waals surface area contributed by atoms with Crippen molar-refractivity contribution in [2.24, 2.45) is 4.99 Å². The second kappa shape index (κ2) is 8.12. The predicted octanol–water partition coefficient (Wildman–Crippen LogP) is 5.85. The summed E-state index contributed by atoms with van der Waals surface area (Å²) in [4.78, 5) is 23.4. The van der Waals surface area contributed by atoms with Crippen LogP contribution in [0.3, 0.4) is 0 Å². The van der Waals surface area contributed by atoms with Crippen LogP contribution in [-0.2, 0) is 6.42 Å². The van der Waals surface area contributed by atoms with E-state index in [1.807, 2.05) is 17.0 Å². The van der Waals surface area contributed by atoms with Gasteiger partial charge in [0.15, 0.2) is 5.82 Å². The lowest BCUT2D eigenvalue weighted by Gasteiger charge is -2.17. The Bertz CT molecular complexity index is 1190. The second-order valence-corrected chi connectivity index (χ2v) is 8.18. The van der Waals surface area contributed by atoms with Crippen LogP contribution < -0.4 is 5.32 Å². The van der Waals surface area contributed by atoms with Gasteiger partial charge in [-0.15, -0.1) is 0 Å². The van der Waals surface area contributed by atoms with Crippen molar-refractivity contribution in [3.05, 3.63) is 76.7 Å². The van der Waals surface area contributed by atoms with Crippen molar-refractivity contribution >= 4 is 34.8 Å². The highest BCUT2D eigenvalue weighted by molar-refractivity contribution is 6.34. The standard InChI is InChI=1S/C24H20ClFN4O/c25-21-8-7-19(28-24(31)30-9-1-2-10-30)13-20(21)22-12-16-11-17(14-27-23(16)29-22)15-3-5-18(26)6-4-15/h3-8,11,13-14H,1-2,9-10,12H2,(H,28,31). The molecule has 2 aliphatic rings. The Balaban J connectivity index is 1.37. The highest BCUT2D eigenvalue weighted by Gasteiger charge is 2.22. The van der Waals surface area contributed by atoms with E-state index < -0.39 is 0 Å². The Morgan fingerprint density at radius 1 is 1.03 bits per heavy atom. The lowest BCUT2D eigenvalue weighted by Crippen LogP contribution is -2.32. The minimum atomic E-state index is -0.269. The maximum Gasteiger partial charge on any atom is 0.321 e. The quantitative estimate of drug-likeness (QED) is 0.562. The van der Waals surface area contributed by atoms with Gasteiger partial charge in [0.25, 0.3) is 0 Å². The van der Waals surface area contributed by atoms with Gasteiger partial charge in [0, 0.05) is 53.1 Å². The Morgan fingerprint density at radius 3 is 2.58 bits per heavy atom. The molecule has 156 valence electrons. The number of pyridine rings is 1. The van der Waals surface area contributed by atoms with Crippen molar-refractivity contribution in [3.8, 4) is 11.1 Å². The van der Waals surface area contributed by atoms with Gasteiger partial charge in [0.05, 0.1) is 5.71 Å². The maximum absolute atomic E-state index is 13.2. The van der Waals surface area contributed by atoms with Crippen LogP contribution in [0.2, 0.25) is 5.02 Å². The van der Waals surface area contributed by atoms with E-state index in [0.717, 1.165) is 53.9 Å². The van der Waals surface area contributed by atoms with Crippen LogP contribution in [0.25, 0.3) is 11.1 Å². The van der Waals surface area contributed by atoms with Gasteiger partial charge >= 0.3 is 6.03 Å². The number of rotatable bonds is 3. The largest absolute Gasteiger partial charge is 0.325 e. The third kappa shape index (κ3) is 4.03. The lowest BCUT2D eigenvalue weighted by atomic mass is 10.0. The lowest BCUT2D eigenvalue weighted by molar-refractivity contribution is 0.222. The number of amides is 2. The van der Waals surface area contributed by atoms with E-state index in [9.17, 15) is 9.18 Å². The Hall–Kier alpha value is -3.25. The van der Waals surface area contributed by atoms with E-state index >= 15 is 0 Å². The number of likely N-dealkylation sites (tertiary alicyclic amines) is 1. The summed E-state index contributed by atoms with van der Waals surface area (Å²) in [5, 5.41) is 3.53. The molecule has 3 heterocycles. The topological polar surface area (TPSA) is 57.6 Å². The van der Waals surface area contributed by atoms with E-state index in [4.69, 9.17) is 11.6 Å². The van der Waals surface area contributed by atoms with Crippen molar-refractivity contribution in [2.75, 3.05) is 18.4 Å². The first kappa shape index (κ1) is 19.7. The summed E-state index contributed by atoms with van der Waals surface area (Å²) < 4.78 is 13.2. The van der Waals surface area contributed by atoms with Crippen molar-refractivity contribution < 1.29 is 9.18 Å². The fourth-order valence-electron chi connectivity index (χ4n) is 3.98. The summed E-state index contributed by atoms with van der Waals surface area (Å²) in [6, 6.07) is 13.7. The summed E-state index contributed by atoms with van der Waals surface area (Å²) in [6.07, 6.45) is 4.41. The van der Waals surface area contributed by atoms with Gasteiger partial charge in [-0.3, -0.25) is 0 Å². The Kier molecular flexibility index (Phi) is 5.16. The first-order valence-electron chi connectivity index (χ1n) is 10.2. The van der Waals surface area contributed by atoms with Crippen LogP contribution in [-0.4, -0.2) is 34.7 Å². The molecule has 5 rings (SSSR count). The molecule has 0 atom stereocenters. The molecule has 0 saturated carbocycles. The van der Waals surface area contributed by atoms with Crippen molar-refractivity contribution in [3.63, 3.8) is 0 Å². The summed E-state index contributed by atoms with van der Waals surface area (Å²) in [5.74, 6) is 0.387. The number of hydrogen-bond donors (Lipinski definition) is 1. The number of carbonyl (C=O) groups is 1. The van der Waals surface area contributed by atoms with Crippen LogP contribution in [0.4, 0.5) is 20.7 Å². The number of aliphatic imine (C=N–C) groups is 1. The smallest absolute Gasteiger partial charge is 0.321 e. The molecule has 7 heteroatoms. The molecule has 2 aromatic carbocycles. The Morgan fingerprint density at radius 2 is 1.81 bits per heavy atom. The van der Waals surface area contributed by atoms with Gasteiger partial charge in [-0.25, -0.2) is 19.2 Å². The average molecular weight is 435 g/mol. The highest BCUT2D eigenvalue weighted by atomic mass is 35.5. The first-order valence-corrected chi connectivity index (χ1v) is 10.6. The van der Waals surface area contributed by atoms with E-state index in [2.05, 4.69) is 15.3 Å². The molecule has 1 aromatic heterocycles. The minimum Gasteiger partial charge on any atom is -0.325 e. The van der Waals surface area contributed by atoms with Gasteiger partial charge in [-0.05, 0) is 54.8 Å². The van der Waals surface area contributed by atoms with Gasteiger partial charge in [-0.2, -0.15) is 0 Å². The zero-order valence-electron chi connectivity index (χ0n) is 16.7. The van der Waals surface area contributed by atoms with Crippen LogP contribution in [0.1, 0.15) is 24.0 Å². The molecule has 5 nitrogen and oxygen atoms in total. The molecule has 1 N–H and O–H groups in total. The number of anilines is 1. The molecular weight excluding hydrogens is 415 g/mol. The van der Waals surface area contributed by atoms with Crippen molar-refractivity contribution in [1.82, 2.24) is 9.88 Å². The highest BCUT2D eigenvalue weighted by Crippen LogP contribution is 2.33. The van der Waals surface area contributed by atoms with Crippen LogP contribution in [0.5, 0.6) is 0 Å². The van der Waals surface area contributed by atoms with Crippen LogP contribution >= 0.6 is 11.6 Å². The minimum absolute atomic E-state index is 0.0898. The molecule has 1 saturated heterocycles. The SMILES string of the molecule is O=C(Nc1ccc(Cl)c(C2=Nc3ncc(-c4ccc(F)cc4)cc3C2)c1)N1CCCC1. The van der Waals surface area contributed by atoms with Gasteiger partial charge < -0.3 is 10.2 Å². The number of urea groups is 1. The number of nitrogens with one attached hydrogen (secondary N) is 1. The van der Waals surface area contributed by atoms with Crippen molar-refractivity contribution in [2.45, 2.75) is 19.3 Å². The average Bonchev–Trinajstić information content (AvgIpc) is 3.45. The molecule has 1 fully saturated rings. The van der Waals surface area contributed by atoms with Gasteiger partial charge in [-0.1, -0.05) is 23.7 Å². The molecule has 0 bridgehead atoms. The third-order valence-corrected chi connectivity index (χ3v) is 5.97. The number of aromatic nitrogens is 1. The normalized spacial score (nSPS) is 15.0. The zero-order valence-corrected chi connectivity index (χ0v) is 17.5. The fraction of sp³-hybridized carbons (Fsp3) is 0.208. The third-order valence-electron chi connectivity index (χ3n) is 5.64. The van der Waals surface area contributed by atoms with Gasteiger partial charge in [0.1, 0.15) is 5.82 Å². The number of hydrogen-bond acceptors (Lipinski definition) is 3. The number of nitrogens with zero attached hydrogens (tertiary/aromatic N) is 3. The molecule has 0 spiro atoms. The first-order chi connectivity index (χ1) is 15.1. The summed E-state index contributed by atoms with van der Waals surface area (Å²) >= 11 is 6.46. The number of benzene rings is 2. The second-order valence-electron chi connectivity index (χ2n) is 7.77. The number of carbonyl (C=O) groups excluding carboxylic acids is 1. The molecule has 0 unspecified atom stereocenters. The number of fused-ring (bicyclic) bond motifs is 1. The van der Waals surface area contributed by atoms with E-state index in [1.165, 1.54) is 12.1 Å². The maximum atomic E-state index is 13.2. The number of halogens is 2. The molecule has 0 radical (unpaired) electrons. The van der Waals surface area contributed by atoms with E-state index in [-0.39, 0.29) is 11.8 Å². The summed E-state index contributed by atoms with van der Waals surface area (Å²) in [5.41, 5.74) is 5.07. The Labute approximate surface area is 184 Å². The predicted molar refractivity (Wildman–Crippen MR) is 121 cm³/mol. The van der Waals surface area contributed by atoms with Crippen LogP contribution in [0, 0.1) is 5.82 Å². The summed E-state index contributed by atoms with van der Waals surface area (Å²) in [6.45, 7) is 1.58. The van der Waals surface area contributed by atoms with Gasteiger partial charge in [0.2, 0.25) is 0 Å². The molecule has 2 aliphatic heterocycles. The van der Waals surface area contributed by atoms with Crippen LogP contribution in [0.15, 0.2) is 59.7 Å². The molecule has 31 heavy (non-hydrogen) atoms. The zero-order chi connectivity index (χ0) is 21.4. The molecule has 2 amide bonds. The fourth-order valence-corrected chi connectivity index (χ4v) is 4.21. The molecule has 0 aliphatic carbocycles. The van der Waals surface area contributed by atoms with E-state index in [1.54, 1.807) is 30.5 Å². The monoisotopic (exact) mass is 434 g/mol. The molecular formula is C24H20ClFN4O. The van der Waals surface area contributed by atoms with E-state index in [0.29, 0.717) is 22.9 Å². The van der Waals surface area contributed by atoms with Crippen molar-refractivity contribution in [1.29, 1.82) is 0 Å². The molecule has 3 aromatic rings.